The Hall–Kier alpha value is -3.70. The van der Waals surface area contributed by atoms with Gasteiger partial charge in [0, 0.05) is 50.2 Å². The van der Waals surface area contributed by atoms with Gasteiger partial charge in [-0.05, 0) is 89.1 Å². The second-order valence-electron chi connectivity index (χ2n) is 12.6. The quantitative estimate of drug-likeness (QED) is 0.292. The Labute approximate surface area is 253 Å². The lowest BCUT2D eigenvalue weighted by molar-refractivity contribution is -0.0394. The van der Waals surface area contributed by atoms with E-state index in [4.69, 9.17) is 18.9 Å². The van der Waals surface area contributed by atoms with E-state index in [9.17, 15) is 4.79 Å². The molecule has 1 aromatic carbocycles. The lowest BCUT2D eigenvalue weighted by Gasteiger charge is -2.31. The Bertz CT molecular complexity index is 1390. The number of carbonyl (C=O) groups excluding carboxylic acids is 1. The second kappa shape index (κ2) is 12.5. The standard InChI is InChI=1S/C32H42N6O5/c1-32(2,3)43-31(39)38(24-9-10-24)25-14-15-36(20-25)29-13-12-27(34-35-29)26-11-8-22(17-28(26)42-21-40-4)23-18-33-37(19-23)30-7-5-6-16-41-30/h8,11-13,17-19,24-25,30H,5-7,9-10,14-16,20-21H2,1-4H3/t25-,30?/m0/s1. The van der Waals surface area contributed by atoms with Crippen LogP contribution in [0.4, 0.5) is 10.6 Å². The molecule has 11 heteroatoms. The van der Waals surface area contributed by atoms with E-state index in [1.807, 2.05) is 73.1 Å². The number of ether oxygens (including phenoxy) is 4. The lowest BCUT2D eigenvalue weighted by Crippen LogP contribution is -2.46. The van der Waals surface area contributed by atoms with E-state index in [-0.39, 0.29) is 31.2 Å². The molecule has 2 aromatic heterocycles. The van der Waals surface area contributed by atoms with Gasteiger partial charge in [0.1, 0.15) is 17.6 Å². The first-order valence-corrected chi connectivity index (χ1v) is 15.3. The molecule has 3 aliphatic rings. The summed E-state index contributed by atoms with van der Waals surface area (Å²) in [6, 6.07) is 10.4. The van der Waals surface area contributed by atoms with Gasteiger partial charge in [-0.2, -0.15) is 5.10 Å². The SMILES string of the molecule is COCOc1cc(-c2cnn(C3CCCCO3)c2)ccc1-c1ccc(N2CC[C@H](N(C(=O)OC(C)(C)C)C3CC3)C2)nn1. The van der Waals surface area contributed by atoms with Crippen LogP contribution in [0.3, 0.4) is 0 Å². The van der Waals surface area contributed by atoms with Gasteiger partial charge in [-0.3, -0.25) is 0 Å². The normalized spacial score (nSPS) is 20.7. The van der Waals surface area contributed by atoms with Crippen molar-refractivity contribution >= 4 is 11.9 Å². The third-order valence-electron chi connectivity index (χ3n) is 8.05. The first-order chi connectivity index (χ1) is 20.8. The Kier molecular flexibility index (Phi) is 8.54. The van der Waals surface area contributed by atoms with Crippen molar-refractivity contribution in [3.8, 4) is 28.1 Å². The van der Waals surface area contributed by atoms with Gasteiger partial charge in [0.15, 0.2) is 12.6 Å². The molecule has 1 unspecified atom stereocenters. The molecule has 2 aliphatic heterocycles. The summed E-state index contributed by atoms with van der Waals surface area (Å²) < 4.78 is 24.7. The van der Waals surface area contributed by atoms with Crippen LogP contribution in [0, 0.1) is 0 Å². The summed E-state index contributed by atoms with van der Waals surface area (Å²) in [5, 5.41) is 13.7. The van der Waals surface area contributed by atoms with Crippen LogP contribution >= 0.6 is 0 Å². The van der Waals surface area contributed by atoms with Crippen molar-refractivity contribution in [3.63, 3.8) is 0 Å². The number of benzene rings is 1. The smallest absolute Gasteiger partial charge is 0.410 e. The minimum Gasteiger partial charge on any atom is -0.467 e. The topological polar surface area (TPSA) is 104 Å². The molecule has 2 saturated heterocycles. The molecule has 1 saturated carbocycles. The number of nitrogens with zero attached hydrogens (tertiary/aromatic N) is 6. The van der Waals surface area contributed by atoms with Gasteiger partial charge in [-0.15, -0.1) is 10.2 Å². The monoisotopic (exact) mass is 590 g/mol. The van der Waals surface area contributed by atoms with Crippen molar-refractivity contribution in [1.29, 1.82) is 0 Å². The van der Waals surface area contributed by atoms with Crippen molar-refractivity contribution in [3.05, 3.63) is 42.7 Å². The molecule has 11 nitrogen and oxygen atoms in total. The van der Waals surface area contributed by atoms with Crippen molar-refractivity contribution in [2.75, 3.05) is 38.5 Å². The summed E-state index contributed by atoms with van der Waals surface area (Å²) >= 11 is 0. The van der Waals surface area contributed by atoms with Crippen LogP contribution in [-0.4, -0.2) is 82.3 Å². The average Bonchev–Trinajstić information content (AvgIpc) is 3.48. The summed E-state index contributed by atoms with van der Waals surface area (Å²) in [6.45, 7) is 8.13. The minimum absolute atomic E-state index is 0.0141. The highest BCUT2D eigenvalue weighted by Crippen LogP contribution is 2.36. The van der Waals surface area contributed by atoms with Gasteiger partial charge in [-0.1, -0.05) is 6.07 Å². The highest BCUT2D eigenvalue weighted by Gasteiger charge is 2.42. The van der Waals surface area contributed by atoms with Crippen LogP contribution in [-0.2, 0) is 14.2 Å². The fourth-order valence-corrected chi connectivity index (χ4v) is 5.81. The summed E-state index contributed by atoms with van der Waals surface area (Å²) in [6.07, 6.45) is 9.81. The van der Waals surface area contributed by atoms with Gasteiger partial charge in [0.2, 0.25) is 0 Å². The van der Waals surface area contributed by atoms with Crippen molar-refractivity contribution < 1.29 is 23.7 Å². The molecule has 0 spiro atoms. The highest BCUT2D eigenvalue weighted by molar-refractivity contribution is 5.74. The first-order valence-electron chi connectivity index (χ1n) is 15.3. The third-order valence-corrected chi connectivity index (χ3v) is 8.05. The highest BCUT2D eigenvalue weighted by atomic mass is 16.7. The summed E-state index contributed by atoms with van der Waals surface area (Å²) in [5.41, 5.74) is 2.98. The number of methoxy groups -OCH3 is 1. The maximum Gasteiger partial charge on any atom is 0.410 e. The van der Waals surface area contributed by atoms with Gasteiger partial charge >= 0.3 is 6.09 Å². The summed E-state index contributed by atoms with van der Waals surface area (Å²) in [4.78, 5) is 17.1. The van der Waals surface area contributed by atoms with E-state index >= 15 is 0 Å². The maximum absolute atomic E-state index is 13.0. The van der Waals surface area contributed by atoms with Crippen molar-refractivity contribution in [1.82, 2.24) is 24.9 Å². The van der Waals surface area contributed by atoms with Crippen LogP contribution in [0.2, 0.25) is 0 Å². The molecular weight excluding hydrogens is 548 g/mol. The Morgan fingerprint density at radius 1 is 1.05 bits per heavy atom. The molecule has 1 aliphatic carbocycles. The molecule has 3 fully saturated rings. The average molecular weight is 591 g/mol. The Morgan fingerprint density at radius 3 is 2.60 bits per heavy atom. The predicted octanol–water partition coefficient (Wildman–Crippen LogP) is 5.67. The maximum atomic E-state index is 13.0. The van der Waals surface area contributed by atoms with Crippen LogP contribution < -0.4 is 9.64 Å². The van der Waals surface area contributed by atoms with E-state index < -0.39 is 5.60 Å². The lowest BCUT2D eigenvalue weighted by atomic mass is 10.0. The van der Waals surface area contributed by atoms with Crippen LogP contribution in [0.1, 0.15) is 65.5 Å². The molecule has 0 bridgehead atoms. The zero-order chi connectivity index (χ0) is 30.0. The first kappa shape index (κ1) is 29.4. The number of rotatable bonds is 9. The number of aromatic nitrogens is 4. The molecule has 0 N–H and O–H groups in total. The van der Waals surface area contributed by atoms with E-state index in [0.29, 0.717) is 18.0 Å². The summed E-state index contributed by atoms with van der Waals surface area (Å²) in [7, 11) is 1.60. The molecule has 1 amide bonds. The van der Waals surface area contributed by atoms with Crippen molar-refractivity contribution in [2.24, 2.45) is 0 Å². The summed E-state index contributed by atoms with van der Waals surface area (Å²) in [5.74, 6) is 1.45. The van der Waals surface area contributed by atoms with Crippen molar-refractivity contribution in [2.45, 2.75) is 83.2 Å². The Balaban J connectivity index is 1.16. The number of hydrogen-bond donors (Lipinski definition) is 0. The fraction of sp³-hybridized carbons (Fsp3) is 0.562. The van der Waals surface area contributed by atoms with Crippen LogP contribution in [0.25, 0.3) is 22.4 Å². The molecule has 43 heavy (non-hydrogen) atoms. The zero-order valence-electron chi connectivity index (χ0n) is 25.6. The number of carbonyl (C=O) groups is 1. The zero-order valence-corrected chi connectivity index (χ0v) is 25.6. The molecular formula is C32H42N6O5. The molecule has 3 aromatic rings. The molecule has 0 radical (unpaired) electrons. The van der Waals surface area contributed by atoms with E-state index in [1.165, 1.54) is 0 Å². The number of hydrogen-bond acceptors (Lipinski definition) is 9. The Morgan fingerprint density at radius 2 is 1.91 bits per heavy atom. The second-order valence-corrected chi connectivity index (χ2v) is 12.6. The van der Waals surface area contributed by atoms with Crippen LogP contribution in [0.5, 0.6) is 5.75 Å². The number of amides is 1. The van der Waals surface area contributed by atoms with E-state index in [1.54, 1.807) is 7.11 Å². The van der Waals surface area contributed by atoms with Gasteiger partial charge in [0.25, 0.3) is 0 Å². The van der Waals surface area contributed by atoms with Gasteiger partial charge < -0.3 is 28.7 Å². The van der Waals surface area contributed by atoms with Gasteiger partial charge in [0.05, 0.1) is 17.9 Å². The van der Waals surface area contributed by atoms with Crippen LogP contribution in [0.15, 0.2) is 42.7 Å². The molecule has 2 atom stereocenters. The molecule has 4 heterocycles. The predicted molar refractivity (Wildman–Crippen MR) is 162 cm³/mol. The third kappa shape index (κ3) is 6.94. The molecule has 6 rings (SSSR count). The van der Waals surface area contributed by atoms with Gasteiger partial charge in [-0.25, -0.2) is 9.48 Å². The van der Waals surface area contributed by atoms with E-state index in [2.05, 4.69) is 20.2 Å². The molecule has 230 valence electrons. The fourth-order valence-electron chi connectivity index (χ4n) is 5.81. The minimum atomic E-state index is -0.514. The number of anilines is 1. The van der Waals surface area contributed by atoms with E-state index in [0.717, 1.165) is 74.2 Å². The largest absolute Gasteiger partial charge is 0.467 e.